The standard InChI is InChI=1S/C14H15F2N5/c1-4-20-9(3)10(7-17-20)11-6-12(14(15)16)21-13(18-11)5-8(2)19-21/h5-7,14H,4H2,1-3H3. The second kappa shape index (κ2) is 4.91. The van der Waals surface area contributed by atoms with Crippen LogP contribution in [-0.4, -0.2) is 24.4 Å². The smallest absolute Gasteiger partial charge is 0.269 e. The van der Waals surface area contributed by atoms with Gasteiger partial charge in [-0.15, -0.1) is 0 Å². The summed E-state index contributed by atoms with van der Waals surface area (Å²) in [6.45, 7) is 6.36. The van der Waals surface area contributed by atoms with E-state index in [1.807, 2.05) is 18.5 Å². The molecule has 0 unspecified atom stereocenters. The molecule has 5 nitrogen and oxygen atoms in total. The van der Waals surface area contributed by atoms with Crippen LogP contribution in [0.1, 0.15) is 30.4 Å². The summed E-state index contributed by atoms with van der Waals surface area (Å²) in [7, 11) is 0. The molecule has 0 bridgehead atoms. The molecule has 0 N–H and O–H groups in total. The first-order valence-corrected chi connectivity index (χ1v) is 6.69. The molecule has 21 heavy (non-hydrogen) atoms. The molecule has 0 aromatic carbocycles. The van der Waals surface area contributed by atoms with Gasteiger partial charge in [0, 0.05) is 23.9 Å². The van der Waals surface area contributed by atoms with Crippen molar-refractivity contribution in [3.8, 4) is 11.3 Å². The Balaban J connectivity index is 2.25. The molecule has 0 saturated heterocycles. The molecule has 0 atom stereocenters. The van der Waals surface area contributed by atoms with Crippen LogP contribution in [0.15, 0.2) is 18.3 Å². The van der Waals surface area contributed by atoms with Crippen LogP contribution in [0.25, 0.3) is 16.9 Å². The van der Waals surface area contributed by atoms with E-state index in [-0.39, 0.29) is 5.69 Å². The average Bonchev–Trinajstić information content (AvgIpc) is 2.98. The van der Waals surface area contributed by atoms with Gasteiger partial charge in [0.25, 0.3) is 6.43 Å². The molecule has 3 aromatic rings. The highest BCUT2D eigenvalue weighted by Gasteiger charge is 2.18. The largest absolute Gasteiger partial charge is 0.280 e. The Morgan fingerprint density at radius 2 is 2.00 bits per heavy atom. The lowest BCUT2D eigenvalue weighted by atomic mass is 10.1. The SMILES string of the molecule is CCn1ncc(-c2cc(C(F)F)n3nc(C)cc3n2)c1C. The van der Waals surface area contributed by atoms with Gasteiger partial charge in [-0.2, -0.15) is 10.2 Å². The van der Waals surface area contributed by atoms with Crippen molar-refractivity contribution < 1.29 is 8.78 Å². The van der Waals surface area contributed by atoms with Crippen molar-refractivity contribution in [1.82, 2.24) is 24.4 Å². The Hall–Kier alpha value is -2.31. The number of aromatic nitrogens is 5. The van der Waals surface area contributed by atoms with E-state index in [2.05, 4.69) is 15.2 Å². The summed E-state index contributed by atoms with van der Waals surface area (Å²) in [4.78, 5) is 4.43. The minimum Gasteiger partial charge on any atom is -0.269 e. The molecule has 110 valence electrons. The Labute approximate surface area is 120 Å². The molecule has 0 aliphatic heterocycles. The van der Waals surface area contributed by atoms with Crippen LogP contribution in [-0.2, 0) is 6.54 Å². The number of aryl methyl sites for hydroxylation is 2. The van der Waals surface area contributed by atoms with Gasteiger partial charge in [-0.25, -0.2) is 18.3 Å². The first kappa shape index (κ1) is 13.7. The van der Waals surface area contributed by atoms with Gasteiger partial charge < -0.3 is 0 Å². The number of hydrogen-bond acceptors (Lipinski definition) is 3. The van der Waals surface area contributed by atoms with Gasteiger partial charge in [0.05, 0.1) is 17.6 Å². The molecule has 3 aromatic heterocycles. The Morgan fingerprint density at radius 1 is 1.24 bits per heavy atom. The number of hydrogen-bond donors (Lipinski definition) is 0. The molecule has 0 saturated carbocycles. The summed E-state index contributed by atoms with van der Waals surface area (Å²) in [5.41, 5.74) is 3.08. The number of fused-ring (bicyclic) bond motifs is 1. The summed E-state index contributed by atoms with van der Waals surface area (Å²) < 4.78 is 29.5. The summed E-state index contributed by atoms with van der Waals surface area (Å²) >= 11 is 0. The maximum Gasteiger partial charge on any atom is 0.280 e. The Morgan fingerprint density at radius 3 is 2.62 bits per heavy atom. The average molecular weight is 291 g/mol. The molecule has 3 rings (SSSR count). The van der Waals surface area contributed by atoms with Gasteiger partial charge in [0.1, 0.15) is 5.69 Å². The maximum atomic E-state index is 13.3. The van der Waals surface area contributed by atoms with Gasteiger partial charge in [-0.1, -0.05) is 0 Å². The zero-order valence-corrected chi connectivity index (χ0v) is 12.0. The lowest BCUT2D eigenvalue weighted by Crippen LogP contribution is -2.03. The highest BCUT2D eigenvalue weighted by atomic mass is 19.3. The predicted molar refractivity (Wildman–Crippen MR) is 74.3 cm³/mol. The van der Waals surface area contributed by atoms with E-state index < -0.39 is 6.43 Å². The predicted octanol–water partition coefficient (Wildman–Crippen LogP) is 3.17. The molecule has 7 heteroatoms. The van der Waals surface area contributed by atoms with E-state index in [0.29, 0.717) is 17.0 Å². The van der Waals surface area contributed by atoms with Crippen molar-refractivity contribution in [2.45, 2.75) is 33.7 Å². The maximum absolute atomic E-state index is 13.3. The minimum atomic E-state index is -2.62. The Bertz CT molecular complexity index is 803. The van der Waals surface area contributed by atoms with E-state index in [1.165, 1.54) is 10.6 Å². The van der Waals surface area contributed by atoms with Crippen molar-refractivity contribution in [2.75, 3.05) is 0 Å². The molecular formula is C14H15F2N5. The first-order valence-electron chi connectivity index (χ1n) is 6.69. The number of alkyl halides is 2. The molecule has 0 aliphatic rings. The van der Waals surface area contributed by atoms with Crippen LogP contribution in [0, 0.1) is 13.8 Å². The van der Waals surface area contributed by atoms with Crippen LogP contribution in [0.2, 0.25) is 0 Å². The van der Waals surface area contributed by atoms with Gasteiger partial charge >= 0.3 is 0 Å². The van der Waals surface area contributed by atoms with Gasteiger partial charge in [-0.05, 0) is 26.8 Å². The van der Waals surface area contributed by atoms with E-state index in [4.69, 9.17) is 0 Å². The number of halogens is 2. The third-order valence-corrected chi connectivity index (χ3v) is 3.48. The van der Waals surface area contributed by atoms with Crippen molar-refractivity contribution in [2.24, 2.45) is 0 Å². The highest BCUT2D eigenvalue weighted by Crippen LogP contribution is 2.27. The number of rotatable bonds is 3. The fourth-order valence-corrected chi connectivity index (χ4v) is 2.42. The Kier molecular flexibility index (Phi) is 3.19. The third-order valence-electron chi connectivity index (χ3n) is 3.48. The first-order chi connectivity index (χ1) is 10.0. The van der Waals surface area contributed by atoms with E-state index in [0.717, 1.165) is 17.8 Å². The van der Waals surface area contributed by atoms with Crippen LogP contribution in [0.4, 0.5) is 8.78 Å². The minimum absolute atomic E-state index is 0.160. The molecular weight excluding hydrogens is 276 g/mol. The van der Waals surface area contributed by atoms with Crippen LogP contribution < -0.4 is 0 Å². The third kappa shape index (κ3) is 2.18. The molecule has 0 amide bonds. The zero-order valence-electron chi connectivity index (χ0n) is 12.0. The van der Waals surface area contributed by atoms with E-state index in [9.17, 15) is 8.78 Å². The van der Waals surface area contributed by atoms with Crippen LogP contribution >= 0.6 is 0 Å². The second-order valence-electron chi connectivity index (χ2n) is 4.88. The van der Waals surface area contributed by atoms with Crippen molar-refractivity contribution in [3.05, 3.63) is 35.4 Å². The monoisotopic (exact) mass is 291 g/mol. The summed E-state index contributed by atoms with van der Waals surface area (Å²) in [5.74, 6) is 0. The molecule has 0 spiro atoms. The zero-order chi connectivity index (χ0) is 15.1. The highest BCUT2D eigenvalue weighted by molar-refractivity contribution is 5.64. The van der Waals surface area contributed by atoms with E-state index >= 15 is 0 Å². The quantitative estimate of drug-likeness (QED) is 0.744. The summed E-state index contributed by atoms with van der Waals surface area (Å²) in [6.07, 6.45) is -0.953. The topological polar surface area (TPSA) is 48.0 Å². The number of nitrogens with zero attached hydrogens (tertiary/aromatic N) is 5. The van der Waals surface area contributed by atoms with Gasteiger partial charge in [0.15, 0.2) is 5.65 Å². The van der Waals surface area contributed by atoms with E-state index in [1.54, 1.807) is 19.2 Å². The molecule has 0 aliphatic carbocycles. The lowest BCUT2D eigenvalue weighted by molar-refractivity contribution is 0.143. The lowest BCUT2D eigenvalue weighted by Gasteiger charge is -2.07. The molecule has 3 heterocycles. The van der Waals surface area contributed by atoms with Gasteiger partial charge in [0.2, 0.25) is 0 Å². The van der Waals surface area contributed by atoms with Crippen LogP contribution in [0.3, 0.4) is 0 Å². The summed E-state index contributed by atoms with van der Waals surface area (Å²) in [6, 6.07) is 3.07. The fourth-order valence-electron chi connectivity index (χ4n) is 2.42. The molecule has 0 fully saturated rings. The molecule has 0 radical (unpaired) electrons. The summed E-state index contributed by atoms with van der Waals surface area (Å²) in [5, 5.41) is 8.30. The fraction of sp³-hybridized carbons (Fsp3) is 0.357. The van der Waals surface area contributed by atoms with Crippen molar-refractivity contribution in [1.29, 1.82) is 0 Å². The van der Waals surface area contributed by atoms with Crippen LogP contribution in [0.5, 0.6) is 0 Å². The van der Waals surface area contributed by atoms with Crippen molar-refractivity contribution in [3.63, 3.8) is 0 Å². The van der Waals surface area contributed by atoms with Crippen molar-refractivity contribution >= 4 is 5.65 Å². The van der Waals surface area contributed by atoms with Gasteiger partial charge in [-0.3, -0.25) is 4.68 Å². The second-order valence-corrected chi connectivity index (χ2v) is 4.88. The normalized spacial score (nSPS) is 11.7.